The lowest BCUT2D eigenvalue weighted by atomic mass is 9.44. The summed E-state index contributed by atoms with van der Waals surface area (Å²) in [4.78, 5) is 2.60. The lowest BCUT2D eigenvalue weighted by molar-refractivity contribution is 0.815. The van der Waals surface area contributed by atoms with Crippen molar-refractivity contribution in [3.05, 3.63) is 194 Å². The van der Waals surface area contributed by atoms with Gasteiger partial charge in [-0.15, -0.1) is 0 Å². The molecule has 276 valence electrons. The normalized spacial score (nSPS) is 13.3. The third-order valence-corrected chi connectivity index (χ3v) is 13.6. The average Bonchev–Trinajstić information content (AvgIpc) is 3.94. The van der Waals surface area contributed by atoms with Crippen LogP contribution in [0.5, 0.6) is 0 Å². The summed E-state index contributed by atoms with van der Waals surface area (Å²) in [6.45, 7) is -0.0829. The van der Waals surface area contributed by atoms with E-state index in [1.165, 1.54) is 98.8 Å². The highest BCUT2D eigenvalue weighted by Crippen LogP contribution is 2.53. The molecule has 0 fully saturated rings. The monoisotopic (exact) mass is 761 g/mol. The molecule has 0 saturated heterocycles. The van der Waals surface area contributed by atoms with Crippen LogP contribution in [0.1, 0.15) is 0 Å². The van der Waals surface area contributed by atoms with Crippen molar-refractivity contribution in [3.63, 3.8) is 0 Å². The van der Waals surface area contributed by atoms with Crippen LogP contribution in [0.4, 0.5) is 17.1 Å². The van der Waals surface area contributed by atoms with Gasteiger partial charge in [-0.1, -0.05) is 127 Å². The first-order chi connectivity index (χ1) is 29.8. The molecular formula is C54H32BN5. The molecule has 60 heavy (non-hydrogen) atoms. The van der Waals surface area contributed by atoms with E-state index in [0.717, 1.165) is 22.4 Å². The van der Waals surface area contributed by atoms with Gasteiger partial charge in [0, 0.05) is 56.1 Å². The van der Waals surface area contributed by atoms with Crippen molar-refractivity contribution in [2.75, 3.05) is 4.90 Å². The minimum absolute atomic E-state index is 0.0829. The number of para-hydroxylation sites is 4. The Labute approximate surface area is 344 Å². The SMILES string of the molecule is c1ccc(N2c3cc4ccccc4cc3B3c4c2c2c5c(c4-c4cccc6ccn3c46)n(-c3ccccc3)c3cc4ccccc4cc3n-5n3ccc4cccc2c43)cc1. The maximum absolute atomic E-state index is 2.60. The highest BCUT2D eigenvalue weighted by molar-refractivity contribution is 6.90. The molecule has 0 bridgehead atoms. The van der Waals surface area contributed by atoms with Gasteiger partial charge < -0.3 is 13.9 Å². The Hall–Kier alpha value is -7.96. The number of nitrogens with zero attached hydrogens (tertiary/aromatic N) is 5. The van der Waals surface area contributed by atoms with Gasteiger partial charge in [0.2, 0.25) is 0 Å². The van der Waals surface area contributed by atoms with Crippen LogP contribution >= 0.6 is 0 Å². The van der Waals surface area contributed by atoms with Gasteiger partial charge in [-0.25, -0.2) is 4.68 Å². The van der Waals surface area contributed by atoms with Crippen LogP contribution in [0.25, 0.3) is 93.2 Å². The van der Waals surface area contributed by atoms with Crippen molar-refractivity contribution in [2.24, 2.45) is 0 Å². The van der Waals surface area contributed by atoms with E-state index >= 15 is 0 Å². The van der Waals surface area contributed by atoms with Gasteiger partial charge in [-0.3, -0.25) is 4.52 Å². The summed E-state index contributed by atoms with van der Waals surface area (Å²) in [6.07, 6.45) is 4.61. The Morgan fingerprint density at radius 1 is 0.433 bits per heavy atom. The smallest absolute Gasteiger partial charge is 0.332 e. The molecule has 0 spiro atoms. The van der Waals surface area contributed by atoms with Crippen molar-refractivity contribution in [3.8, 4) is 22.5 Å². The van der Waals surface area contributed by atoms with E-state index in [2.05, 4.69) is 218 Å². The summed E-state index contributed by atoms with van der Waals surface area (Å²) in [6, 6.07) is 67.8. The predicted octanol–water partition coefficient (Wildman–Crippen LogP) is 12.1. The molecular weight excluding hydrogens is 729 g/mol. The summed E-state index contributed by atoms with van der Waals surface area (Å²) < 4.78 is 10.1. The second-order valence-corrected chi connectivity index (χ2v) is 16.6. The first-order valence-corrected chi connectivity index (χ1v) is 20.8. The highest BCUT2D eigenvalue weighted by Gasteiger charge is 2.45. The molecule has 15 rings (SSSR count). The zero-order valence-corrected chi connectivity index (χ0v) is 32.3. The van der Waals surface area contributed by atoms with Crippen LogP contribution in [0.3, 0.4) is 0 Å². The molecule has 11 aromatic rings. The topological polar surface area (TPSA) is 22.4 Å². The Balaban J connectivity index is 1.30. The minimum atomic E-state index is -0.0829. The second-order valence-electron chi connectivity index (χ2n) is 16.6. The molecule has 4 aliphatic rings. The molecule has 5 nitrogen and oxygen atoms in total. The van der Waals surface area contributed by atoms with E-state index in [1.54, 1.807) is 0 Å². The molecule has 6 heterocycles. The zero-order valence-electron chi connectivity index (χ0n) is 32.3. The van der Waals surface area contributed by atoms with Crippen LogP contribution in [0.2, 0.25) is 0 Å². The van der Waals surface area contributed by atoms with Crippen molar-refractivity contribution in [2.45, 2.75) is 0 Å². The number of fused-ring (bicyclic) bond motifs is 12. The Kier molecular flexibility index (Phi) is 5.67. The Morgan fingerprint density at radius 3 is 1.82 bits per heavy atom. The van der Waals surface area contributed by atoms with Crippen LogP contribution in [0.15, 0.2) is 194 Å². The van der Waals surface area contributed by atoms with Gasteiger partial charge in [-0.05, 0) is 98.7 Å². The average molecular weight is 762 g/mol. The first-order valence-electron chi connectivity index (χ1n) is 20.8. The Bertz CT molecular complexity index is 3960. The summed E-state index contributed by atoms with van der Waals surface area (Å²) >= 11 is 0. The van der Waals surface area contributed by atoms with E-state index in [1.807, 2.05) is 0 Å². The van der Waals surface area contributed by atoms with E-state index in [4.69, 9.17) is 0 Å². The number of anilines is 3. The van der Waals surface area contributed by atoms with Crippen LogP contribution in [-0.2, 0) is 0 Å². The number of aromatic nitrogens is 4. The number of hydrogen-bond donors (Lipinski definition) is 0. The summed E-state index contributed by atoms with van der Waals surface area (Å²) in [5.41, 5.74) is 17.1. The van der Waals surface area contributed by atoms with E-state index in [9.17, 15) is 0 Å². The number of rotatable bonds is 2. The molecule has 0 amide bonds. The number of hydrogen-bond acceptors (Lipinski definition) is 1. The van der Waals surface area contributed by atoms with Gasteiger partial charge in [-0.2, -0.15) is 0 Å². The quantitative estimate of drug-likeness (QED) is 0.0977. The largest absolute Gasteiger partial charge is 0.382 e. The molecule has 0 radical (unpaired) electrons. The molecule has 0 unspecified atom stereocenters. The molecule has 0 atom stereocenters. The van der Waals surface area contributed by atoms with Crippen molar-refractivity contribution < 1.29 is 0 Å². The minimum Gasteiger partial charge on any atom is -0.382 e. The second kappa shape index (κ2) is 11.0. The van der Waals surface area contributed by atoms with E-state index in [0.29, 0.717) is 0 Å². The lowest BCUT2D eigenvalue weighted by Crippen LogP contribution is -2.57. The lowest BCUT2D eigenvalue weighted by Gasteiger charge is -2.43. The van der Waals surface area contributed by atoms with Gasteiger partial charge >= 0.3 is 6.85 Å². The van der Waals surface area contributed by atoms with Crippen molar-refractivity contribution in [1.29, 1.82) is 0 Å². The van der Waals surface area contributed by atoms with Crippen molar-refractivity contribution in [1.82, 2.24) is 18.2 Å². The molecule has 0 aliphatic carbocycles. The third kappa shape index (κ3) is 3.71. The molecule has 0 N–H and O–H groups in total. The summed E-state index contributed by atoms with van der Waals surface area (Å²) in [5.74, 6) is 0. The maximum Gasteiger partial charge on any atom is 0.332 e. The fraction of sp³-hybridized carbons (Fsp3) is 0. The predicted molar refractivity (Wildman–Crippen MR) is 251 cm³/mol. The van der Waals surface area contributed by atoms with Crippen LogP contribution in [0, 0.1) is 0 Å². The van der Waals surface area contributed by atoms with Gasteiger partial charge in [0.25, 0.3) is 0 Å². The molecule has 4 aliphatic heterocycles. The van der Waals surface area contributed by atoms with Gasteiger partial charge in [0.15, 0.2) is 0 Å². The molecule has 2 aromatic heterocycles. The zero-order chi connectivity index (χ0) is 38.8. The highest BCUT2D eigenvalue weighted by atomic mass is 15.4. The van der Waals surface area contributed by atoms with Gasteiger partial charge in [0.1, 0.15) is 0 Å². The fourth-order valence-corrected chi connectivity index (χ4v) is 11.3. The molecule has 0 saturated carbocycles. The molecule has 6 heteroatoms. The summed E-state index contributed by atoms with van der Waals surface area (Å²) in [5, 5.41) is 9.86. The maximum atomic E-state index is 2.60. The molecule has 9 aromatic carbocycles. The van der Waals surface area contributed by atoms with Crippen LogP contribution in [-0.4, -0.2) is 25.1 Å². The number of benzene rings is 9. The summed E-state index contributed by atoms with van der Waals surface area (Å²) in [7, 11) is 0. The van der Waals surface area contributed by atoms with Crippen LogP contribution < -0.4 is 15.8 Å². The van der Waals surface area contributed by atoms with Gasteiger partial charge in [0.05, 0.1) is 33.4 Å². The van der Waals surface area contributed by atoms with Crippen molar-refractivity contribution >= 4 is 106 Å². The first kappa shape index (κ1) is 31.1. The standard InChI is InChI=1S/C54H32BN5/c1-3-19-39(20-4-1)58-44-30-36-14-8-7-13-35(36)29-43(44)55-49-47(41-23-11-17-33-25-27-56(55)50(33)41)53-54-48(52(49)58)42-24-12-18-34-26-28-57(51(34)42)60(54)46-32-38-16-10-9-15-37(38)31-45(46)59(53)40-21-5-2-6-22-40/h1-32H. The van der Waals surface area contributed by atoms with E-state index in [-0.39, 0.29) is 6.85 Å². The third-order valence-electron chi connectivity index (χ3n) is 13.6. The Morgan fingerprint density at radius 2 is 1.05 bits per heavy atom. The fourth-order valence-electron chi connectivity index (χ4n) is 11.3. The van der Waals surface area contributed by atoms with E-state index < -0.39 is 0 Å².